The van der Waals surface area contributed by atoms with E-state index in [4.69, 9.17) is 0 Å². The van der Waals surface area contributed by atoms with Crippen molar-refractivity contribution in [1.29, 1.82) is 0 Å². The van der Waals surface area contributed by atoms with Gasteiger partial charge in [0.1, 0.15) is 5.78 Å². The predicted molar refractivity (Wildman–Crippen MR) is 67.2 cm³/mol. The van der Waals surface area contributed by atoms with Crippen molar-refractivity contribution in [2.24, 2.45) is 29.1 Å². The molecule has 0 aromatic carbocycles. The van der Waals surface area contributed by atoms with Gasteiger partial charge in [-0.25, -0.2) is 0 Å². The summed E-state index contributed by atoms with van der Waals surface area (Å²) in [6, 6.07) is 0. The van der Waals surface area contributed by atoms with Gasteiger partial charge in [0.05, 0.1) is 0 Å². The van der Waals surface area contributed by atoms with Gasteiger partial charge in [0.25, 0.3) is 0 Å². The van der Waals surface area contributed by atoms with Gasteiger partial charge in [-0.05, 0) is 55.8 Å². The molecule has 0 aromatic heterocycles. The van der Waals surface area contributed by atoms with Crippen LogP contribution in [0.15, 0.2) is 0 Å². The minimum atomic E-state index is 0.369. The molecule has 0 radical (unpaired) electrons. The monoisotopic (exact) mass is 222 g/mol. The van der Waals surface area contributed by atoms with Crippen LogP contribution < -0.4 is 0 Å². The van der Waals surface area contributed by atoms with Crippen molar-refractivity contribution in [1.82, 2.24) is 0 Å². The molecule has 2 aliphatic rings. The Labute approximate surface area is 100.0 Å². The van der Waals surface area contributed by atoms with Crippen LogP contribution in [0.3, 0.4) is 0 Å². The lowest BCUT2D eigenvalue weighted by Gasteiger charge is -2.44. The van der Waals surface area contributed by atoms with E-state index in [-0.39, 0.29) is 0 Å². The molecule has 2 saturated carbocycles. The summed E-state index contributed by atoms with van der Waals surface area (Å²) in [7, 11) is 0. The van der Waals surface area contributed by atoms with Crippen molar-refractivity contribution in [2.45, 2.75) is 59.8 Å². The van der Waals surface area contributed by atoms with Crippen molar-refractivity contribution >= 4 is 5.78 Å². The second-order valence-corrected chi connectivity index (χ2v) is 6.74. The van der Waals surface area contributed by atoms with Crippen LogP contribution in [0.25, 0.3) is 0 Å². The smallest absolute Gasteiger partial charge is 0.133 e. The van der Waals surface area contributed by atoms with E-state index in [2.05, 4.69) is 20.8 Å². The van der Waals surface area contributed by atoms with E-state index in [1.54, 1.807) is 0 Å². The number of carbonyl (C=O) groups is 1. The predicted octanol–water partition coefficient (Wildman–Crippen LogP) is 4.06. The molecule has 0 unspecified atom stereocenters. The van der Waals surface area contributed by atoms with Gasteiger partial charge in [0, 0.05) is 5.92 Å². The number of hydrogen-bond acceptors (Lipinski definition) is 1. The third-order valence-electron chi connectivity index (χ3n) is 5.39. The van der Waals surface area contributed by atoms with Crippen LogP contribution in [-0.4, -0.2) is 5.78 Å². The zero-order chi connectivity index (χ0) is 11.9. The highest BCUT2D eigenvalue weighted by atomic mass is 16.1. The first-order valence-electron chi connectivity index (χ1n) is 6.96. The maximum Gasteiger partial charge on any atom is 0.133 e. The van der Waals surface area contributed by atoms with Crippen LogP contribution in [0.5, 0.6) is 0 Å². The molecule has 2 aliphatic carbocycles. The molecular formula is C15H26O. The van der Waals surface area contributed by atoms with Gasteiger partial charge >= 0.3 is 0 Å². The van der Waals surface area contributed by atoms with E-state index in [1.165, 1.54) is 25.7 Å². The van der Waals surface area contributed by atoms with Gasteiger partial charge in [0.15, 0.2) is 0 Å². The number of ketones is 1. The van der Waals surface area contributed by atoms with Gasteiger partial charge in [-0.15, -0.1) is 0 Å². The second-order valence-electron chi connectivity index (χ2n) is 6.74. The minimum absolute atomic E-state index is 0.369. The number of hydrogen-bond donors (Lipinski definition) is 0. The molecule has 2 fully saturated rings. The Bertz CT molecular complexity index is 281. The van der Waals surface area contributed by atoms with Crippen LogP contribution in [0.1, 0.15) is 59.8 Å². The molecule has 1 nitrogen and oxygen atoms in total. The Balaban J connectivity index is 2.28. The molecule has 92 valence electrons. The molecule has 0 bridgehead atoms. The molecule has 0 aromatic rings. The van der Waals surface area contributed by atoms with E-state index in [0.29, 0.717) is 23.0 Å². The number of Topliss-reactive ketones (excluding diaryl/α,β-unsaturated/α-hetero) is 1. The van der Waals surface area contributed by atoms with Gasteiger partial charge in [0.2, 0.25) is 0 Å². The Kier molecular flexibility index (Phi) is 3.16. The fourth-order valence-electron chi connectivity index (χ4n) is 4.54. The molecule has 0 heterocycles. The summed E-state index contributed by atoms with van der Waals surface area (Å²) in [5.41, 5.74) is 0.476. The molecule has 0 spiro atoms. The highest BCUT2D eigenvalue weighted by Gasteiger charge is 2.52. The normalized spacial score (nSPS) is 43.4. The van der Waals surface area contributed by atoms with Crippen LogP contribution in [0.2, 0.25) is 0 Å². The number of fused-ring (bicyclic) bond motifs is 1. The fraction of sp³-hybridized carbons (Fsp3) is 0.933. The Hall–Kier alpha value is -0.330. The summed E-state index contributed by atoms with van der Waals surface area (Å²) in [6.07, 6.45) is 6.47. The van der Waals surface area contributed by atoms with E-state index in [1.807, 2.05) is 6.92 Å². The molecule has 0 N–H and O–H groups in total. The first kappa shape index (κ1) is 12.1. The average Bonchev–Trinajstić information content (AvgIpc) is 2.54. The van der Waals surface area contributed by atoms with Gasteiger partial charge < -0.3 is 0 Å². The Morgan fingerprint density at radius 2 is 1.94 bits per heavy atom. The topological polar surface area (TPSA) is 17.1 Å². The molecule has 2 rings (SSSR count). The zero-order valence-electron chi connectivity index (χ0n) is 11.3. The Morgan fingerprint density at radius 1 is 1.25 bits per heavy atom. The third-order valence-corrected chi connectivity index (χ3v) is 5.39. The van der Waals surface area contributed by atoms with Crippen molar-refractivity contribution < 1.29 is 4.79 Å². The first-order valence-corrected chi connectivity index (χ1v) is 6.96. The summed E-state index contributed by atoms with van der Waals surface area (Å²) < 4.78 is 0. The highest BCUT2D eigenvalue weighted by molar-refractivity contribution is 5.79. The van der Waals surface area contributed by atoms with Crippen LogP contribution in [-0.2, 0) is 4.79 Å². The molecule has 0 amide bonds. The Morgan fingerprint density at radius 3 is 2.50 bits per heavy atom. The number of carbonyl (C=O) groups excluding carboxylic acids is 1. The summed E-state index contributed by atoms with van der Waals surface area (Å²) in [5, 5.41) is 0. The molecule has 0 saturated heterocycles. The van der Waals surface area contributed by atoms with Crippen molar-refractivity contribution in [3.8, 4) is 0 Å². The van der Waals surface area contributed by atoms with E-state index < -0.39 is 0 Å². The molecular weight excluding hydrogens is 196 g/mol. The zero-order valence-corrected chi connectivity index (χ0v) is 11.3. The van der Waals surface area contributed by atoms with Crippen molar-refractivity contribution in [3.05, 3.63) is 0 Å². The summed E-state index contributed by atoms with van der Waals surface area (Å²) in [6.45, 7) is 8.92. The quantitative estimate of drug-likeness (QED) is 0.688. The molecule has 0 aliphatic heterocycles. The van der Waals surface area contributed by atoms with Gasteiger partial charge in [-0.1, -0.05) is 27.2 Å². The lowest BCUT2D eigenvalue weighted by molar-refractivity contribution is -0.127. The highest BCUT2D eigenvalue weighted by Crippen LogP contribution is 2.58. The van der Waals surface area contributed by atoms with Gasteiger partial charge in [-0.3, -0.25) is 4.79 Å². The molecule has 16 heavy (non-hydrogen) atoms. The molecule has 4 atom stereocenters. The third kappa shape index (κ3) is 1.83. The van der Waals surface area contributed by atoms with Crippen molar-refractivity contribution in [2.75, 3.05) is 0 Å². The second kappa shape index (κ2) is 4.16. The maximum atomic E-state index is 11.9. The summed E-state index contributed by atoms with van der Waals surface area (Å²) in [5.74, 6) is 3.03. The standard InChI is InChI=1S/C15H26O/c1-10(2)12-7-9-15(4)8-5-6-13(11(3)16)14(12)15/h10,12-14H,5-9H2,1-4H3/t12-,13+,14+,15+/m1/s1. The van der Waals surface area contributed by atoms with Crippen LogP contribution >= 0.6 is 0 Å². The lowest BCUT2D eigenvalue weighted by atomic mass is 9.60. The first-order chi connectivity index (χ1) is 7.46. The van der Waals surface area contributed by atoms with Crippen molar-refractivity contribution in [3.63, 3.8) is 0 Å². The minimum Gasteiger partial charge on any atom is -0.300 e. The average molecular weight is 222 g/mol. The van der Waals surface area contributed by atoms with E-state index in [9.17, 15) is 4.79 Å². The van der Waals surface area contributed by atoms with Crippen LogP contribution in [0.4, 0.5) is 0 Å². The van der Waals surface area contributed by atoms with Gasteiger partial charge in [-0.2, -0.15) is 0 Å². The van der Waals surface area contributed by atoms with E-state index >= 15 is 0 Å². The summed E-state index contributed by atoms with van der Waals surface area (Å²) >= 11 is 0. The number of rotatable bonds is 2. The van der Waals surface area contributed by atoms with E-state index in [0.717, 1.165) is 18.3 Å². The fourth-order valence-corrected chi connectivity index (χ4v) is 4.54. The molecule has 1 heteroatoms. The lowest BCUT2D eigenvalue weighted by Crippen LogP contribution is -2.40. The van der Waals surface area contributed by atoms with Crippen LogP contribution in [0, 0.1) is 29.1 Å². The largest absolute Gasteiger partial charge is 0.300 e. The summed E-state index contributed by atoms with van der Waals surface area (Å²) in [4.78, 5) is 11.9. The SMILES string of the molecule is CC(=O)[C@@H]1CCC[C@@]2(C)CC[C@H](C(C)C)[C@@H]12. The maximum absolute atomic E-state index is 11.9.